The fourth-order valence-electron chi connectivity index (χ4n) is 2.51. The molecule has 0 radical (unpaired) electrons. The van der Waals surface area contributed by atoms with Crippen LogP contribution in [0.1, 0.15) is 59.3 Å². The fourth-order valence-corrected chi connectivity index (χ4v) is 2.51. The Labute approximate surface area is 106 Å². The van der Waals surface area contributed by atoms with Gasteiger partial charge in [-0.2, -0.15) is 0 Å². The highest BCUT2D eigenvalue weighted by atomic mass is 16.2. The van der Waals surface area contributed by atoms with Gasteiger partial charge in [0, 0.05) is 11.6 Å². The van der Waals surface area contributed by atoms with Gasteiger partial charge in [-0.3, -0.25) is 9.69 Å². The normalized spacial score (nSPS) is 19.1. The first-order valence-electron chi connectivity index (χ1n) is 6.90. The van der Waals surface area contributed by atoms with Gasteiger partial charge in [-0.25, -0.2) is 0 Å². The molecule has 3 nitrogen and oxygen atoms in total. The third-order valence-electron chi connectivity index (χ3n) is 3.36. The van der Waals surface area contributed by atoms with Crippen LogP contribution < -0.4 is 5.32 Å². The molecule has 0 heterocycles. The van der Waals surface area contributed by atoms with Crippen molar-refractivity contribution in [3.8, 4) is 0 Å². The molecule has 0 saturated heterocycles. The standard InChI is InChI=1S/C14H28N2O/c1-14(2,3)15-13(17)11-16(4)12-9-7-5-6-8-10-12/h12H,5-11H2,1-4H3,(H,15,17). The number of carbonyl (C=O) groups excluding carboxylic acids is 1. The first kappa shape index (κ1) is 14.5. The largest absolute Gasteiger partial charge is 0.350 e. The smallest absolute Gasteiger partial charge is 0.234 e. The van der Waals surface area contributed by atoms with Gasteiger partial charge in [-0.1, -0.05) is 25.7 Å². The van der Waals surface area contributed by atoms with Crippen LogP contribution in [0.15, 0.2) is 0 Å². The lowest BCUT2D eigenvalue weighted by Crippen LogP contribution is -2.47. The maximum Gasteiger partial charge on any atom is 0.234 e. The van der Waals surface area contributed by atoms with Crippen molar-refractivity contribution in [1.82, 2.24) is 10.2 Å². The minimum Gasteiger partial charge on any atom is -0.350 e. The molecular weight excluding hydrogens is 212 g/mol. The third kappa shape index (κ3) is 6.06. The van der Waals surface area contributed by atoms with Crippen molar-refractivity contribution in [2.45, 2.75) is 70.9 Å². The zero-order valence-corrected chi connectivity index (χ0v) is 11.9. The average Bonchev–Trinajstić information content (AvgIpc) is 2.41. The second-order valence-electron chi connectivity index (χ2n) is 6.36. The molecule has 0 spiro atoms. The summed E-state index contributed by atoms with van der Waals surface area (Å²) in [5, 5.41) is 3.02. The molecule has 0 aliphatic heterocycles. The van der Waals surface area contributed by atoms with Crippen molar-refractivity contribution in [2.75, 3.05) is 13.6 Å². The van der Waals surface area contributed by atoms with Gasteiger partial charge in [0.05, 0.1) is 6.54 Å². The van der Waals surface area contributed by atoms with E-state index in [-0.39, 0.29) is 11.4 Å². The molecule has 1 aliphatic rings. The number of hydrogen-bond acceptors (Lipinski definition) is 2. The molecule has 0 aromatic carbocycles. The molecule has 0 atom stereocenters. The average molecular weight is 240 g/mol. The van der Waals surface area contributed by atoms with E-state index >= 15 is 0 Å². The highest BCUT2D eigenvalue weighted by Gasteiger charge is 2.20. The van der Waals surface area contributed by atoms with Crippen LogP contribution in [0.5, 0.6) is 0 Å². The van der Waals surface area contributed by atoms with E-state index in [0.29, 0.717) is 12.6 Å². The highest BCUT2D eigenvalue weighted by molar-refractivity contribution is 5.78. The van der Waals surface area contributed by atoms with Gasteiger partial charge in [0.15, 0.2) is 0 Å². The molecule has 1 aliphatic carbocycles. The van der Waals surface area contributed by atoms with Crippen LogP contribution in [0.3, 0.4) is 0 Å². The summed E-state index contributed by atoms with van der Waals surface area (Å²) in [6.45, 7) is 6.60. The van der Waals surface area contributed by atoms with Gasteiger partial charge >= 0.3 is 0 Å². The van der Waals surface area contributed by atoms with E-state index in [1.807, 2.05) is 20.8 Å². The van der Waals surface area contributed by atoms with E-state index in [9.17, 15) is 4.79 Å². The van der Waals surface area contributed by atoms with Gasteiger partial charge < -0.3 is 5.32 Å². The Bertz CT molecular complexity index is 237. The molecule has 3 heteroatoms. The lowest BCUT2D eigenvalue weighted by Gasteiger charge is -2.28. The van der Waals surface area contributed by atoms with Crippen LogP contribution in [0, 0.1) is 0 Å². The molecule has 0 bridgehead atoms. The predicted octanol–water partition coefficient (Wildman–Crippen LogP) is 2.56. The second-order valence-corrected chi connectivity index (χ2v) is 6.36. The lowest BCUT2D eigenvalue weighted by atomic mass is 10.1. The molecule has 100 valence electrons. The molecule has 1 N–H and O–H groups in total. The molecule has 0 unspecified atom stereocenters. The second kappa shape index (κ2) is 6.39. The summed E-state index contributed by atoms with van der Waals surface area (Å²) in [7, 11) is 2.08. The zero-order valence-electron chi connectivity index (χ0n) is 11.9. The van der Waals surface area contributed by atoms with Crippen LogP contribution in [-0.4, -0.2) is 36.0 Å². The summed E-state index contributed by atoms with van der Waals surface area (Å²) in [5.41, 5.74) is -0.124. The number of likely N-dealkylation sites (N-methyl/N-ethyl adjacent to an activating group) is 1. The van der Waals surface area contributed by atoms with Crippen molar-refractivity contribution in [2.24, 2.45) is 0 Å². The van der Waals surface area contributed by atoms with Crippen molar-refractivity contribution in [1.29, 1.82) is 0 Å². The summed E-state index contributed by atoms with van der Waals surface area (Å²) >= 11 is 0. The third-order valence-corrected chi connectivity index (χ3v) is 3.36. The van der Waals surface area contributed by atoms with E-state index in [4.69, 9.17) is 0 Å². The zero-order chi connectivity index (χ0) is 12.9. The molecule has 0 aromatic rings. The minimum absolute atomic E-state index is 0.124. The van der Waals surface area contributed by atoms with E-state index in [2.05, 4.69) is 17.3 Å². The van der Waals surface area contributed by atoms with Gasteiger partial charge in [-0.05, 0) is 40.7 Å². The Hall–Kier alpha value is -0.570. The first-order chi connectivity index (χ1) is 7.88. The number of amides is 1. The maximum atomic E-state index is 11.8. The van der Waals surface area contributed by atoms with Crippen molar-refractivity contribution >= 4 is 5.91 Å². The number of nitrogens with one attached hydrogen (secondary N) is 1. The van der Waals surface area contributed by atoms with E-state index < -0.39 is 0 Å². The molecular formula is C14H28N2O. The van der Waals surface area contributed by atoms with E-state index in [0.717, 1.165) is 0 Å². The Kier molecular flexibility index (Phi) is 5.44. The monoisotopic (exact) mass is 240 g/mol. The van der Waals surface area contributed by atoms with E-state index in [1.165, 1.54) is 38.5 Å². The van der Waals surface area contributed by atoms with Crippen molar-refractivity contribution in [3.63, 3.8) is 0 Å². The number of hydrogen-bond donors (Lipinski definition) is 1. The Morgan fingerprint density at radius 3 is 2.18 bits per heavy atom. The quantitative estimate of drug-likeness (QED) is 0.769. The summed E-state index contributed by atoms with van der Waals surface area (Å²) in [5.74, 6) is 0.143. The van der Waals surface area contributed by atoms with Crippen LogP contribution in [-0.2, 0) is 4.79 Å². The molecule has 1 amide bonds. The minimum atomic E-state index is -0.124. The summed E-state index contributed by atoms with van der Waals surface area (Å²) < 4.78 is 0. The van der Waals surface area contributed by atoms with Gasteiger partial charge in [0.1, 0.15) is 0 Å². The summed E-state index contributed by atoms with van der Waals surface area (Å²) in [6, 6.07) is 0.600. The van der Waals surface area contributed by atoms with Crippen LogP contribution in [0.25, 0.3) is 0 Å². The van der Waals surface area contributed by atoms with Gasteiger partial charge in [-0.15, -0.1) is 0 Å². The highest BCUT2D eigenvalue weighted by Crippen LogP contribution is 2.20. The first-order valence-corrected chi connectivity index (χ1v) is 6.90. The van der Waals surface area contributed by atoms with Crippen molar-refractivity contribution in [3.05, 3.63) is 0 Å². The molecule has 1 rings (SSSR count). The number of carbonyl (C=O) groups is 1. The van der Waals surface area contributed by atoms with Crippen LogP contribution in [0.2, 0.25) is 0 Å². The van der Waals surface area contributed by atoms with E-state index in [1.54, 1.807) is 0 Å². The Morgan fingerprint density at radius 2 is 1.71 bits per heavy atom. The van der Waals surface area contributed by atoms with Gasteiger partial charge in [0.25, 0.3) is 0 Å². The fraction of sp³-hybridized carbons (Fsp3) is 0.929. The lowest BCUT2D eigenvalue weighted by molar-refractivity contribution is -0.123. The predicted molar refractivity (Wildman–Crippen MR) is 72.0 cm³/mol. The molecule has 1 fully saturated rings. The van der Waals surface area contributed by atoms with Crippen LogP contribution >= 0.6 is 0 Å². The summed E-state index contributed by atoms with van der Waals surface area (Å²) in [6.07, 6.45) is 7.85. The summed E-state index contributed by atoms with van der Waals surface area (Å²) in [4.78, 5) is 14.1. The molecule has 1 saturated carbocycles. The molecule has 0 aromatic heterocycles. The van der Waals surface area contributed by atoms with Gasteiger partial charge in [0.2, 0.25) is 5.91 Å². The SMILES string of the molecule is CN(CC(=O)NC(C)(C)C)C1CCCCCC1. The van der Waals surface area contributed by atoms with Crippen LogP contribution in [0.4, 0.5) is 0 Å². The Balaban J connectivity index is 2.36. The maximum absolute atomic E-state index is 11.8. The number of rotatable bonds is 3. The topological polar surface area (TPSA) is 32.3 Å². The Morgan fingerprint density at radius 1 is 1.18 bits per heavy atom. The number of nitrogens with zero attached hydrogens (tertiary/aromatic N) is 1. The molecule has 17 heavy (non-hydrogen) atoms. The van der Waals surface area contributed by atoms with Crippen molar-refractivity contribution < 1.29 is 4.79 Å².